The molecule has 0 bridgehead atoms. The van der Waals surface area contributed by atoms with Gasteiger partial charge in [-0.2, -0.15) is 0 Å². The molecule has 0 saturated carbocycles. The van der Waals surface area contributed by atoms with E-state index in [2.05, 4.69) is 19.6 Å². The highest BCUT2D eigenvalue weighted by Gasteiger charge is 2.13. The van der Waals surface area contributed by atoms with Gasteiger partial charge in [0.25, 0.3) is 0 Å². The normalized spacial score (nSPS) is 19.2. The van der Waals surface area contributed by atoms with E-state index in [1.54, 1.807) is 0 Å². The molecule has 0 aromatic rings. The lowest BCUT2D eigenvalue weighted by molar-refractivity contribution is -0.162. The summed E-state index contributed by atoms with van der Waals surface area (Å²) in [5.41, 5.74) is 0. The van der Waals surface area contributed by atoms with Crippen molar-refractivity contribution in [1.29, 1.82) is 0 Å². The number of hydrogen-bond donors (Lipinski definition) is 0. The van der Waals surface area contributed by atoms with Crippen LogP contribution in [0.15, 0.2) is 0 Å². The number of hydrogen-bond acceptors (Lipinski definition) is 2. The fraction of sp³-hybridized carbons (Fsp3) is 1.00. The minimum atomic E-state index is -0.784. The molecule has 0 spiro atoms. The molecule has 1 saturated heterocycles. The summed E-state index contributed by atoms with van der Waals surface area (Å²) in [6, 6.07) is 1.51. The second kappa shape index (κ2) is 13.4. The lowest BCUT2D eigenvalue weighted by Crippen LogP contribution is -2.22. The summed E-state index contributed by atoms with van der Waals surface area (Å²) in [5, 5.41) is 0. The fourth-order valence-corrected chi connectivity index (χ4v) is 4.54. The zero-order valence-electron chi connectivity index (χ0n) is 16.2. The molecule has 3 heteroatoms. The summed E-state index contributed by atoms with van der Waals surface area (Å²) in [4.78, 5) is 0. The Balaban J connectivity index is 1.71. The van der Waals surface area contributed by atoms with Crippen LogP contribution in [0.25, 0.3) is 0 Å². The summed E-state index contributed by atoms with van der Waals surface area (Å²) in [6.45, 7) is 9.24. The van der Waals surface area contributed by atoms with Gasteiger partial charge < -0.3 is 9.47 Å². The number of rotatable bonds is 14. The molecule has 1 unspecified atom stereocenters. The third-order valence-corrected chi connectivity index (χ3v) is 6.62. The monoisotopic (exact) mass is 342 g/mol. The molecule has 1 atom stereocenters. The Morgan fingerprint density at radius 3 is 1.87 bits per heavy atom. The van der Waals surface area contributed by atoms with Gasteiger partial charge >= 0.3 is 0 Å². The van der Waals surface area contributed by atoms with Gasteiger partial charge in [-0.1, -0.05) is 83.5 Å². The van der Waals surface area contributed by atoms with Gasteiger partial charge in [-0.15, -0.1) is 0 Å². The van der Waals surface area contributed by atoms with Crippen molar-refractivity contribution in [3.8, 4) is 0 Å². The quantitative estimate of drug-likeness (QED) is 0.256. The van der Waals surface area contributed by atoms with Crippen LogP contribution in [-0.4, -0.2) is 27.6 Å². The molecule has 1 aliphatic heterocycles. The van der Waals surface area contributed by atoms with E-state index < -0.39 is 8.07 Å². The minimum Gasteiger partial charge on any atom is -0.353 e. The smallest absolute Gasteiger partial charge is 0.157 e. The van der Waals surface area contributed by atoms with Crippen molar-refractivity contribution < 1.29 is 9.47 Å². The van der Waals surface area contributed by atoms with Crippen molar-refractivity contribution in [1.82, 2.24) is 0 Å². The largest absolute Gasteiger partial charge is 0.353 e. The molecular formula is C20H42O2Si. The Bertz CT molecular complexity index is 257. The maximum atomic E-state index is 5.77. The molecule has 2 nitrogen and oxygen atoms in total. The first-order chi connectivity index (χ1) is 11.1. The van der Waals surface area contributed by atoms with Crippen LogP contribution in [0.3, 0.4) is 0 Å². The molecular weight excluding hydrogens is 300 g/mol. The molecule has 23 heavy (non-hydrogen) atoms. The zero-order valence-corrected chi connectivity index (χ0v) is 17.2. The van der Waals surface area contributed by atoms with Crippen LogP contribution in [0.2, 0.25) is 25.7 Å². The summed E-state index contributed by atoms with van der Waals surface area (Å²) in [7, 11) is -0.784. The Morgan fingerprint density at radius 1 is 0.783 bits per heavy atom. The first-order valence-electron chi connectivity index (χ1n) is 10.3. The first kappa shape index (κ1) is 21.2. The average Bonchev–Trinajstić information content (AvgIpc) is 2.52. The Labute approximate surface area is 146 Å². The van der Waals surface area contributed by atoms with Gasteiger partial charge in [0.05, 0.1) is 0 Å². The molecule has 0 amide bonds. The highest BCUT2D eigenvalue weighted by atomic mass is 28.3. The Hall–Kier alpha value is 0.137. The summed E-state index contributed by atoms with van der Waals surface area (Å²) < 4.78 is 11.3. The van der Waals surface area contributed by atoms with Crippen molar-refractivity contribution in [3.05, 3.63) is 0 Å². The van der Waals surface area contributed by atoms with E-state index in [0.29, 0.717) is 0 Å². The first-order valence-corrected chi connectivity index (χ1v) is 14.0. The molecule has 0 aliphatic carbocycles. The molecule has 1 rings (SSSR count). The second-order valence-electron chi connectivity index (χ2n) is 8.51. The van der Waals surface area contributed by atoms with E-state index in [1.807, 2.05) is 0 Å². The van der Waals surface area contributed by atoms with Crippen molar-refractivity contribution in [2.45, 2.75) is 115 Å². The van der Waals surface area contributed by atoms with Crippen LogP contribution >= 0.6 is 0 Å². The fourth-order valence-electron chi connectivity index (χ4n) is 3.23. The topological polar surface area (TPSA) is 18.5 Å². The van der Waals surface area contributed by atoms with Crippen LogP contribution in [0.4, 0.5) is 0 Å². The van der Waals surface area contributed by atoms with E-state index in [-0.39, 0.29) is 6.29 Å². The van der Waals surface area contributed by atoms with Gasteiger partial charge in [0.2, 0.25) is 0 Å². The molecule has 0 aromatic carbocycles. The van der Waals surface area contributed by atoms with E-state index in [9.17, 15) is 0 Å². The van der Waals surface area contributed by atoms with Gasteiger partial charge in [0.15, 0.2) is 6.29 Å². The molecule has 138 valence electrons. The molecule has 0 radical (unpaired) electrons. The molecule has 1 heterocycles. The third-order valence-electron chi connectivity index (χ3n) is 4.76. The third kappa shape index (κ3) is 14.2. The molecule has 0 N–H and O–H groups in total. The SMILES string of the molecule is C[Si](C)(C)CCCCCCCCCCCCOC1CCCCO1. The summed E-state index contributed by atoms with van der Waals surface area (Å²) >= 11 is 0. The van der Waals surface area contributed by atoms with E-state index in [4.69, 9.17) is 9.47 Å². The van der Waals surface area contributed by atoms with Crippen molar-refractivity contribution in [2.24, 2.45) is 0 Å². The summed E-state index contributed by atoms with van der Waals surface area (Å²) in [5.74, 6) is 0. The van der Waals surface area contributed by atoms with Gasteiger partial charge in [-0.05, 0) is 25.7 Å². The van der Waals surface area contributed by atoms with E-state index in [1.165, 1.54) is 83.1 Å². The van der Waals surface area contributed by atoms with Crippen molar-refractivity contribution in [3.63, 3.8) is 0 Å². The van der Waals surface area contributed by atoms with Gasteiger partial charge in [-0.25, -0.2) is 0 Å². The van der Waals surface area contributed by atoms with Gasteiger partial charge in [-0.3, -0.25) is 0 Å². The summed E-state index contributed by atoms with van der Waals surface area (Å²) in [6.07, 6.45) is 17.7. The number of unbranched alkanes of at least 4 members (excludes halogenated alkanes) is 9. The lowest BCUT2D eigenvalue weighted by atomic mass is 10.1. The van der Waals surface area contributed by atoms with Gasteiger partial charge in [0.1, 0.15) is 0 Å². The standard InChI is InChI=1S/C20H42O2Si/c1-23(2,3)19-15-11-9-7-5-4-6-8-10-13-17-21-20-16-12-14-18-22-20/h20H,4-19H2,1-3H3. The average molecular weight is 343 g/mol. The van der Waals surface area contributed by atoms with E-state index in [0.717, 1.165) is 19.6 Å². The lowest BCUT2D eigenvalue weighted by Gasteiger charge is -2.22. The predicted molar refractivity (Wildman–Crippen MR) is 104 cm³/mol. The van der Waals surface area contributed by atoms with E-state index >= 15 is 0 Å². The second-order valence-corrected chi connectivity index (χ2v) is 14.1. The molecule has 1 fully saturated rings. The minimum absolute atomic E-state index is 0.102. The maximum absolute atomic E-state index is 5.77. The van der Waals surface area contributed by atoms with Gasteiger partial charge in [0, 0.05) is 21.3 Å². The zero-order chi connectivity index (χ0) is 16.8. The highest BCUT2D eigenvalue weighted by molar-refractivity contribution is 6.76. The van der Waals surface area contributed by atoms with Crippen molar-refractivity contribution >= 4 is 8.07 Å². The molecule has 0 aromatic heterocycles. The maximum Gasteiger partial charge on any atom is 0.157 e. The number of ether oxygens (including phenoxy) is 2. The Morgan fingerprint density at radius 2 is 1.35 bits per heavy atom. The van der Waals surface area contributed by atoms with Crippen molar-refractivity contribution in [2.75, 3.05) is 13.2 Å². The van der Waals surface area contributed by atoms with Crippen LogP contribution in [0.5, 0.6) is 0 Å². The van der Waals surface area contributed by atoms with Crippen LogP contribution in [0, 0.1) is 0 Å². The molecule has 1 aliphatic rings. The Kier molecular flexibility index (Phi) is 12.4. The van der Waals surface area contributed by atoms with Crippen LogP contribution in [-0.2, 0) is 9.47 Å². The highest BCUT2D eigenvalue weighted by Crippen LogP contribution is 2.17. The van der Waals surface area contributed by atoms with Crippen LogP contribution < -0.4 is 0 Å². The van der Waals surface area contributed by atoms with Crippen LogP contribution in [0.1, 0.15) is 83.5 Å². The predicted octanol–water partition coefficient (Wildman–Crippen LogP) is 6.77.